The molecule has 0 aliphatic carbocycles. The van der Waals surface area contributed by atoms with E-state index < -0.39 is 29.6 Å². The normalized spacial score (nSPS) is 20.3. The molecule has 2 aliphatic heterocycles. The van der Waals surface area contributed by atoms with Crippen LogP contribution in [0.2, 0.25) is 10.0 Å². The van der Waals surface area contributed by atoms with Crippen LogP contribution in [0.4, 0.5) is 23.7 Å². The molecule has 11 heteroatoms. The fourth-order valence-electron chi connectivity index (χ4n) is 5.36. The van der Waals surface area contributed by atoms with E-state index in [0.29, 0.717) is 16.2 Å². The maximum Gasteiger partial charge on any atom is 0.417 e. The minimum atomic E-state index is -5.08. The number of fused-ring (bicyclic) bond motifs is 3. The molecule has 2 atom stereocenters. The van der Waals surface area contributed by atoms with Crippen LogP contribution in [-0.4, -0.2) is 37.3 Å². The van der Waals surface area contributed by atoms with Crippen molar-refractivity contribution in [2.45, 2.75) is 24.2 Å². The summed E-state index contributed by atoms with van der Waals surface area (Å²) in [4.78, 5) is 28.8. The van der Waals surface area contributed by atoms with Crippen molar-refractivity contribution < 1.29 is 32.2 Å². The number of amides is 2. The Hall–Kier alpha value is -3.69. The number of rotatable bonds is 5. The van der Waals surface area contributed by atoms with Crippen molar-refractivity contribution in [1.82, 2.24) is 4.90 Å². The molecule has 5 rings (SSSR count). The SMILES string of the molecule is COC(=O)C1=CN2C(=O)N(Cc3ccc(OC)cc3)c3ccc(Cl)cc3[C@]2(C(F)(F)F)[C@@H]1c1ccccc1Cl. The Balaban J connectivity index is 1.80. The summed E-state index contributed by atoms with van der Waals surface area (Å²) in [6.45, 7) is -0.0555. The maximum absolute atomic E-state index is 15.6. The van der Waals surface area contributed by atoms with Crippen LogP contribution in [0.3, 0.4) is 0 Å². The van der Waals surface area contributed by atoms with Gasteiger partial charge in [-0.2, -0.15) is 13.2 Å². The first-order valence-electron chi connectivity index (χ1n) is 11.7. The minimum Gasteiger partial charge on any atom is -0.497 e. The van der Waals surface area contributed by atoms with Crippen LogP contribution in [0, 0.1) is 0 Å². The molecule has 0 fully saturated rings. The van der Waals surface area contributed by atoms with E-state index in [-0.39, 0.29) is 39.0 Å². The average molecular weight is 577 g/mol. The lowest BCUT2D eigenvalue weighted by Gasteiger charge is -2.50. The lowest BCUT2D eigenvalue weighted by atomic mass is 9.70. The molecule has 0 unspecified atom stereocenters. The highest BCUT2D eigenvalue weighted by atomic mass is 35.5. The lowest BCUT2D eigenvalue weighted by Crippen LogP contribution is -2.63. The van der Waals surface area contributed by atoms with Gasteiger partial charge in [-0.3, -0.25) is 9.80 Å². The molecule has 0 saturated carbocycles. The molecular weight excluding hydrogens is 556 g/mol. The maximum atomic E-state index is 15.6. The van der Waals surface area contributed by atoms with Crippen molar-refractivity contribution in [1.29, 1.82) is 0 Å². The number of ether oxygens (including phenoxy) is 2. The molecule has 0 bridgehead atoms. The Kier molecular flexibility index (Phi) is 6.76. The van der Waals surface area contributed by atoms with Gasteiger partial charge in [0.05, 0.1) is 37.9 Å². The van der Waals surface area contributed by atoms with E-state index in [1.54, 1.807) is 30.3 Å². The van der Waals surface area contributed by atoms with Gasteiger partial charge in [0.15, 0.2) is 5.54 Å². The van der Waals surface area contributed by atoms with Crippen molar-refractivity contribution in [2.75, 3.05) is 19.1 Å². The van der Waals surface area contributed by atoms with Crippen molar-refractivity contribution in [3.8, 4) is 5.75 Å². The number of alkyl halides is 3. The topological polar surface area (TPSA) is 59.1 Å². The first-order chi connectivity index (χ1) is 18.5. The van der Waals surface area contributed by atoms with Gasteiger partial charge in [0.2, 0.25) is 0 Å². The summed E-state index contributed by atoms with van der Waals surface area (Å²) in [5.41, 5.74) is -3.04. The number of hydrogen-bond donors (Lipinski definition) is 0. The summed E-state index contributed by atoms with van der Waals surface area (Å²) < 4.78 is 56.9. The van der Waals surface area contributed by atoms with Crippen LogP contribution >= 0.6 is 23.2 Å². The third kappa shape index (κ3) is 4.11. The Morgan fingerprint density at radius 1 is 1.03 bits per heavy atom. The quantitative estimate of drug-likeness (QED) is 0.305. The highest BCUT2D eigenvalue weighted by Crippen LogP contribution is 2.63. The smallest absolute Gasteiger partial charge is 0.417 e. The largest absolute Gasteiger partial charge is 0.497 e. The van der Waals surface area contributed by atoms with E-state index >= 15 is 13.2 Å². The molecule has 0 spiro atoms. The first-order valence-corrected chi connectivity index (χ1v) is 12.4. The van der Waals surface area contributed by atoms with Gasteiger partial charge in [-0.25, -0.2) is 9.59 Å². The zero-order valence-corrected chi connectivity index (χ0v) is 22.1. The first kappa shape index (κ1) is 26.9. The number of anilines is 1. The Morgan fingerprint density at radius 3 is 2.33 bits per heavy atom. The van der Waals surface area contributed by atoms with Gasteiger partial charge in [-0.05, 0) is 47.5 Å². The van der Waals surface area contributed by atoms with Crippen LogP contribution in [0.25, 0.3) is 0 Å². The summed E-state index contributed by atoms with van der Waals surface area (Å²) >= 11 is 12.7. The van der Waals surface area contributed by atoms with Crippen LogP contribution in [0.5, 0.6) is 5.75 Å². The van der Waals surface area contributed by atoms with E-state index in [4.69, 9.17) is 32.7 Å². The molecule has 0 saturated heterocycles. The number of hydrogen-bond acceptors (Lipinski definition) is 4. The summed E-state index contributed by atoms with van der Waals surface area (Å²) in [5.74, 6) is -2.17. The minimum absolute atomic E-state index is 0.000493. The van der Waals surface area contributed by atoms with E-state index in [0.717, 1.165) is 13.3 Å². The van der Waals surface area contributed by atoms with Crippen molar-refractivity contribution in [2.24, 2.45) is 0 Å². The molecule has 39 heavy (non-hydrogen) atoms. The monoisotopic (exact) mass is 576 g/mol. The molecule has 0 radical (unpaired) electrons. The van der Waals surface area contributed by atoms with Crippen LogP contribution in [-0.2, 0) is 21.6 Å². The van der Waals surface area contributed by atoms with Gasteiger partial charge in [-0.1, -0.05) is 53.5 Å². The number of urea groups is 1. The second kappa shape index (κ2) is 9.81. The number of esters is 1. The summed E-state index contributed by atoms with van der Waals surface area (Å²) in [7, 11) is 2.57. The third-order valence-corrected chi connectivity index (χ3v) is 7.62. The number of benzene rings is 3. The molecule has 0 aromatic heterocycles. The second-order valence-corrected chi connectivity index (χ2v) is 9.89. The molecule has 202 valence electrons. The number of methoxy groups -OCH3 is 2. The van der Waals surface area contributed by atoms with Gasteiger partial charge >= 0.3 is 18.2 Å². The second-order valence-electron chi connectivity index (χ2n) is 9.04. The van der Waals surface area contributed by atoms with E-state index in [1.165, 1.54) is 48.4 Å². The van der Waals surface area contributed by atoms with Crippen molar-refractivity contribution in [3.05, 3.63) is 105 Å². The zero-order valence-electron chi connectivity index (χ0n) is 20.6. The summed E-state index contributed by atoms with van der Waals surface area (Å²) in [6, 6.07) is 15.7. The Morgan fingerprint density at radius 2 is 1.72 bits per heavy atom. The highest BCUT2D eigenvalue weighted by molar-refractivity contribution is 6.31. The average Bonchev–Trinajstić information content (AvgIpc) is 3.29. The molecular formula is C28H21Cl2F3N2O4. The van der Waals surface area contributed by atoms with Crippen LogP contribution < -0.4 is 9.64 Å². The molecule has 2 aliphatic rings. The fraction of sp³-hybridized carbons (Fsp3) is 0.214. The number of carbonyl (C=O) groups is 2. The van der Waals surface area contributed by atoms with Gasteiger partial charge in [-0.15, -0.1) is 0 Å². The van der Waals surface area contributed by atoms with E-state index in [1.807, 2.05) is 0 Å². The Labute approximate surface area is 232 Å². The predicted molar refractivity (Wildman–Crippen MR) is 140 cm³/mol. The predicted octanol–water partition coefficient (Wildman–Crippen LogP) is 7.06. The number of nitrogens with zero attached hydrogens (tertiary/aromatic N) is 2. The molecule has 3 aromatic carbocycles. The standard InChI is InChI=1S/C28H21Cl2F3N2O4/c1-38-18-10-7-16(8-11-18)14-34-23-12-9-17(29)13-21(23)27(28(31,32)33)24(19-5-3-4-6-22(19)30)20(25(36)39-2)15-35(27)26(34)37/h3-13,15,24H,14H2,1-2H3/t24-,27-/m1/s1. The molecule has 0 N–H and O–H groups in total. The summed E-state index contributed by atoms with van der Waals surface area (Å²) in [5, 5.41) is 0.0277. The molecule has 2 amide bonds. The van der Waals surface area contributed by atoms with Gasteiger partial charge in [0.1, 0.15) is 5.75 Å². The molecule has 2 heterocycles. The van der Waals surface area contributed by atoms with E-state index in [9.17, 15) is 9.59 Å². The van der Waals surface area contributed by atoms with Crippen LogP contribution in [0.15, 0.2) is 78.5 Å². The molecule has 6 nitrogen and oxygen atoms in total. The van der Waals surface area contributed by atoms with Gasteiger partial charge in [0.25, 0.3) is 0 Å². The lowest BCUT2D eigenvalue weighted by molar-refractivity contribution is -0.223. The van der Waals surface area contributed by atoms with E-state index in [2.05, 4.69) is 0 Å². The van der Waals surface area contributed by atoms with Crippen molar-refractivity contribution in [3.63, 3.8) is 0 Å². The summed E-state index contributed by atoms with van der Waals surface area (Å²) in [6.07, 6.45) is -4.16. The van der Waals surface area contributed by atoms with Crippen LogP contribution in [0.1, 0.15) is 22.6 Å². The van der Waals surface area contributed by atoms with Crippen molar-refractivity contribution >= 4 is 40.9 Å². The zero-order chi connectivity index (χ0) is 28.1. The third-order valence-electron chi connectivity index (χ3n) is 7.04. The number of halogens is 5. The number of carbonyl (C=O) groups excluding carboxylic acids is 2. The Bertz CT molecular complexity index is 1490. The fourth-order valence-corrected chi connectivity index (χ4v) is 5.78. The van der Waals surface area contributed by atoms with Gasteiger partial charge < -0.3 is 9.47 Å². The highest BCUT2D eigenvalue weighted by Gasteiger charge is 2.72. The van der Waals surface area contributed by atoms with Gasteiger partial charge in [0, 0.05) is 21.8 Å². The molecule has 3 aromatic rings.